The van der Waals surface area contributed by atoms with Crippen LogP contribution in [0, 0.1) is 5.82 Å². The van der Waals surface area contributed by atoms with Crippen molar-refractivity contribution in [1.82, 2.24) is 9.62 Å². The van der Waals surface area contributed by atoms with Crippen LogP contribution in [0.2, 0.25) is 0 Å². The van der Waals surface area contributed by atoms with Gasteiger partial charge in [0.1, 0.15) is 10.7 Å². The molecule has 126 valence electrons. The molecule has 0 spiro atoms. The number of benzene rings is 1. The first-order valence-electron chi connectivity index (χ1n) is 7.71. The molecule has 3 rings (SSSR count). The van der Waals surface area contributed by atoms with Gasteiger partial charge in [-0.15, -0.1) is 0 Å². The summed E-state index contributed by atoms with van der Waals surface area (Å²) in [5.41, 5.74) is 1.02. The third-order valence-corrected chi connectivity index (χ3v) is 6.34. The zero-order valence-electron chi connectivity index (χ0n) is 12.9. The van der Waals surface area contributed by atoms with Crippen LogP contribution in [0.5, 0.6) is 0 Å². The zero-order chi connectivity index (χ0) is 16.6. The Morgan fingerprint density at radius 3 is 2.87 bits per heavy atom. The Morgan fingerprint density at radius 1 is 1.35 bits per heavy atom. The van der Waals surface area contributed by atoms with E-state index in [1.807, 2.05) is 0 Å². The molecule has 1 atom stereocenters. The summed E-state index contributed by atoms with van der Waals surface area (Å²) in [6.45, 7) is 0.736. The smallest absolute Gasteiger partial charge is 0.246 e. The maximum absolute atomic E-state index is 14.4. The van der Waals surface area contributed by atoms with E-state index in [0.717, 1.165) is 18.9 Å². The van der Waals surface area contributed by atoms with E-state index in [-0.39, 0.29) is 23.3 Å². The number of nitrogens with one attached hydrogen (secondary N) is 2. The van der Waals surface area contributed by atoms with Gasteiger partial charge >= 0.3 is 0 Å². The number of anilines is 1. The van der Waals surface area contributed by atoms with Crippen molar-refractivity contribution in [2.24, 2.45) is 0 Å². The average molecular weight is 341 g/mol. The highest BCUT2D eigenvalue weighted by atomic mass is 32.2. The summed E-state index contributed by atoms with van der Waals surface area (Å²) < 4.78 is 41.3. The first-order chi connectivity index (χ1) is 10.9. The van der Waals surface area contributed by atoms with Crippen molar-refractivity contribution in [2.75, 3.05) is 25.5 Å². The maximum Gasteiger partial charge on any atom is 0.246 e. The largest absolute Gasteiger partial charge is 0.326 e. The minimum Gasteiger partial charge on any atom is -0.326 e. The summed E-state index contributed by atoms with van der Waals surface area (Å²) in [5.74, 6) is -1.00. The van der Waals surface area contributed by atoms with Gasteiger partial charge in [0, 0.05) is 31.2 Å². The maximum atomic E-state index is 14.4. The molecule has 0 bridgehead atoms. The van der Waals surface area contributed by atoms with Crippen molar-refractivity contribution in [3.63, 3.8) is 0 Å². The lowest BCUT2D eigenvalue weighted by atomic mass is 10.0. The van der Waals surface area contributed by atoms with Crippen LogP contribution in [0.15, 0.2) is 17.0 Å². The summed E-state index contributed by atoms with van der Waals surface area (Å²) in [5, 5.41) is 5.66. The van der Waals surface area contributed by atoms with E-state index >= 15 is 0 Å². The van der Waals surface area contributed by atoms with Gasteiger partial charge in [-0.1, -0.05) is 0 Å². The van der Waals surface area contributed by atoms with E-state index in [2.05, 4.69) is 10.6 Å². The number of halogens is 1. The second-order valence-electron chi connectivity index (χ2n) is 5.98. The van der Waals surface area contributed by atoms with Gasteiger partial charge in [-0.3, -0.25) is 4.79 Å². The van der Waals surface area contributed by atoms with Gasteiger partial charge in [0.25, 0.3) is 0 Å². The summed E-state index contributed by atoms with van der Waals surface area (Å²) in [7, 11) is -2.08. The normalized spacial score (nSPS) is 22.5. The molecule has 1 fully saturated rings. The fraction of sp³-hybridized carbons (Fsp3) is 0.533. The summed E-state index contributed by atoms with van der Waals surface area (Å²) in [6, 6.07) is 2.56. The molecule has 0 aromatic heterocycles. The highest BCUT2D eigenvalue weighted by molar-refractivity contribution is 7.89. The molecule has 2 heterocycles. The average Bonchev–Trinajstić information content (AvgIpc) is 2.54. The SMILES string of the molecule is CNC1CCCN(S(=O)(=O)c2cc3c(cc2F)NC(=O)CC3)C1. The molecule has 2 aliphatic rings. The minimum absolute atomic E-state index is 0.0819. The molecular formula is C15H20FN3O3S. The van der Waals surface area contributed by atoms with Gasteiger partial charge in [-0.25, -0.2) is 12.8 Å². The quantitative estimate of drug-likeness (QED) is 0.862. The van der Waals surface area contributed by atoms with Crippen LogP contribution in [-0.4, -0.2) is 44.8 Å². The molecule has 1 unspecified atom stereocenters. The van der Waals surface area contributed by atoms with Crippen molar-refractivity contribution in [3.05, 3.63) is 23.5 Å². The van der Waals surface area contributed by atoms with Crippen LogP contribution in [-0.2, 0) is 21.2 Å². The first-order valence-corrected chi connectivity index (χ1v) is 9.15. The topological polar surface area (TPSA) is 78.5 Å². The second kappa shape index (κ2) is 6.18. The van der Waals surface area contributed by atoms with Gasteiger partial charge in [0.15, 0.2) is 0 Å². The van der Waals surface area contributed by atoms with Crippen LogP contribution >= 0.6 is 0 Å². The van der Waals surface area contributed by atoms with Crippen molar-refractivity contribution in [1.29, 1.82) is 0 Å². The molecule has 0 aliphatic carbocycles. The number of hydrogen-bond acceptors (Lipinski definition) is 4. The number of likely N-dealkylation sites (N-methyl/N-ethyl adjacent to an activating group) is 1. The number of nitrogens with zero attached hydrogens (tertiary/aromatic N) is 1. The monoisotopic (exact) mass is 341 g/mol. The van der Waals surface area contributed by atoms with Crippen molar-refractivity contribution >= 4 is 21.6 Å². The number of carbonyl (C=O) groups is 1. The molecule has 1 amide bonds. The molecule has 1 saturated heterocycles. The number of rotatable bonds is 3. The van der Waals surface area contributed by atoms with Crippen molar-refractivity contribution in [2.45, 2.75) is 36.6 Å². The molecule has 8 heteroatoms. The summed E-state index contributed by atoms with van der Waals surface area (Å²) >= 11 is 0. The Kier molecular flexibility index (Phi) is 4.39. The molecular weight excluding hydrogens is 321 g/mol. The van der Waals surface area contributed by atoms with E-state index in [1.54, 1.807) is 7.05 Å². The molecule has 23 heavy (non-hydrogen) atoms. The lowest BCUT2D eigenvalue weighted by molar-refractivity contribution is -0.116. The van der Waals surface area contributed by atoms with Gasteiger partial charge in [-0.05, 0) is 44.0 Å². The van der Waals surface area contributed by atoms with Crippen LogP contribution in [0.3, 0.4) is 0 Å². The number of piperidine rings is 1. The van der Waals surface area contributed by atoms with E-state index in [1.165, 1.54) is 10.4 Å². The lowest BCUT2D eigenvalue weighted by Crippen LogP contribution is -2.47. The molecule has 6 nitrogen and oxygen atoms in total. The number of aryl methyl sites for hydroxylation is 1. The highest BCUT2D eigenvalue weighted by Crippen LogP contribution is 2.30. The van der Waals surface area contributed by atoms with E-state index in [9.17, 15) is 17.6 Å². The predicted molar refractivity (Wildman–Crippen MR) is 84.2 cm³/mol. The Morgan fingerprint density at radius 2 is 2.13 bits per heavy atom. The fourth-order valence-corrected chi connectivity index (χ4v) is 4.73. The number of sulfonamides is 1. The van der Waals surface area contributed by atoms with Crippen LogP contribution in [0.1, 0.15) is 24.8 Å². The van der Waals surface area contributed by atoms with Gasteiger partial charge in [0.05, 0.1) is 0 Å². The van der Waals surface area contributed by atoms with Crippen molar-refractivity contribution in [3.8, 4) is 0 Å². The Labute approximate surface area is 135 Å². The molecule has 2 N–H and O–H groups in total. The van der Waals surface area contributed by atoms with Crippen LogP contribution in [0.25, 0.3) is 0 Å². The number of amides is 1. The van der Waals surface area contributed by atoms with Gasteiger partial charge in [0.2, 0.25) is 15.9 Å². The lowest BCUT2D eigenvalue weighted by Gasteiger charge is -2.32. The number of fused-ring (bicyclic) bond motifs is 1. The predicted octanol–water partition coefficient (Wildman–Crippen LogP) is 1.08. The molecule has 0 radical (unpaired) electrons. The Bertz CT molecular complexity index is 736. The third kappa shape index (κ3) is 3.11. The van der Waals surface area contributed by atoms with E-state index in [0.29, 0.717) is 30.8 Å². The Balaban J connectivity index is 1.95. The van der Waals surface area contributed by atoms with Crippen LogP contribution in [0.4, 0.5) is 10.1 Å². The van der Waals surface area contributed by atoms with Gasteiger partial charge in [-0.2, -0.15) is 4.31 Å². The second-order valence-corrected chi connectivity index (χ2v) is 7.89. The third-order valence-electron chi connectivity index (χ3n) is 4.46. The standard InChI is InChI=1S/C15H20FN3O3S/c1-17-11-3-2-6-19(9-11)23(21,22)14-7-10-4-5-15(20)18-13(10)8-12(14)16/h7-8,11,17H,2-6,9H2,1H3,(H,18,20). The molecule has 0 saturated carbocycles. The fourth-order valence-electron chi connectivity index (χ4n) is 3.11. The minimum atomic E-state index is -3.88. The summed E-state index contributed by atoms with van der Waals surface area (Å²) in [4.78, 5) is 11.1. The number of carbonyl (C=O) groups excluding carboxylic acids is 1. The Hall–Kier alpha value is -1.51. The zero-order valence-corrected chi connectivity index (χ0v) is 13.7. The first kappa shape index (κ1) is 16.4. The molecule has 1 aromatic rings. The van der Waals surface area contributed by atoms with Crippen LogP contribution < -0.4 is 10.6 Å². The molecule has 1 aromatic carbocycles. The number of hydrogen-bond donors (Lipinski definition) is 2. The highest BCUT2D eigenvalue weighted by Gasteiger charge is 2.33. The van der Waals surface area contributed by atoms with E-state index in [4.69, 9.17) is 0 Å². The molecule has 2 aliphatic heterocycles. The van der Waals surface area contributed by atoms with Crippen molar-refractivity contribution < 1.29 is 17.6 Å². The summed E-state index contributed by atoms with van der Waals surface area (Å²) in [6.07, 6.45) is 2.35. The van der Waals surface area contributed by atoms with Gasteiger partial charge < -0.3 is 10.6 Å². The van der Waals surface area contributed by atoms with E-state index < -0.39 is 15.8 Å².